The maximum atomic E-state index is 12.0. The molecule has 1 fully saturated rings. The Bertz CT molecular complexity index is 548. The zero-order valence-corrected chi connectivity index (χ0v) is 12.6. The molecular formula is C15H19ClN2O3. The van der Waals surface area contributed by atoms with Gasteiger partial charge in [0.25, 0.3) is 0 Å². The lowest BCUT2D eigenvalue weighted by Gasteiger charge is -2.29. The second kappa shape index (κ2) is 6.80. The molecule has 2 amide bonds. The number of benzene rings is 1. The Balaban J connectivity index is 1.97. The standard InChI is InChI=1S/C15H19ClN2O3/c1-9-6-7-10(8-12(9)16)17-15(21)18-13-5-3-2-4-11(13)14(19)20/h6-8,11,13H,2-5H2,1H3,(H,19,20)(H2,17,18,21). The maximum absolute atomic E-state index is 12.0. The Morgan fingerprint density at radius 3 is 2.67 bits per heavy atom. The van der Waals surface area contributed by atoms with Crippen molar-refractivity contribution in [1.29, 1.82) is 0 Å². The third kappa shape index (κ3) is 4.11. The minimum Gasteiger partial charge on any atom is -0.481 e. The molecule has 2 atom stereocenters. The number of halogens is 1. The fourth-order valence-electron chi connectivity index (χ4n) is 2.61. The molecule has 0 aromatic heterocycles. The lowest BCUT2D eigenvalue weighted by Crippen LogP contribution is -2.46. The molecule has 1 aromatic rings. The molecule has 1 saturated carbocycles. The number of carboxylic acids is 1. The van der Waals surface area contributed by atoms with Crippen LogP contribution in [-0.2, 0) is 4.79 Å². The SMILES string of the molecule is Cc1ccc(NC(=O)NC2CCCCC2C(=O)O)cc1Cl. The number of amides is 2. The normalized spacial score (nSPS) is 21.6. The second-order valence-electron chi connectivity index (χ2n) is 5.40. The fourth-order valence-corrected chi connectivity index (χ4v) is 2.79. The van der Waals surface area contributed by atoms with Crippen LogP contribution in [0.25, 0.3) is 0 Å². The van der Waals surface area contributed by atoms with Crippen LogP contribution in [0.4, 0.5) is 10.5 Å². The van der Waals surface area contributed by atoms with Gasteiger partial charge in [0, 0.05) is 16.8 Å². The van der Waals surface area contributed by atoms with Gasteiger partial charge in [-0.2, -0.15) is 0 Å². The average molecular weight is 311 g/mol. The van der Waals surface area contributed by atoms with Gasteiger partial charge >= 0.3 is 12.0 Å². The largest absolute Gasteiger partial charge is 0.481 e. The van der Waals surface area contributed by atoms with Crippen LogP contribution in [0.5, 0.6) is 0 Å². The van der Waals surface area contributed by atoms with Crippen molar-refractivity contribution in [3.8, 4) is 0 Å². The topological polar surface area (TPSA) is 78.4 Å². The zero-order valence-electron chi connectivity index (χ0n) is 11.9. The molecule has 1 aromatic carbocycles. The quantitative estimate of drug-likeness (QED) is 0.800. The van der Waals surface area contributed by atoms with Gasteiger partial charge in [0.05, 0.1) is 5.92 Å². The third-order valence-corrected chi connectivity index (χ3v) is 4.24. The smallest absolute Gasteiger partial charge is 0.319 e. The summed E-state index contributed by atoms with van der Waals surface area (Å²) >= 11 is 6.00. The molecule has 0 spiro atoms. The van der Waals surface area contributed by atoms with Gasteiger partial charge in [-0.3, -0.25) is 4.79 Å². The van der Waals surface area contributed by atoms with Crippen molar-refractivity contribution in [2.75, 3.05) is 5.32 Å². The van der Waals surface area contributed by atoms with Crippen LogP contribution >= 0.6 is 11.6 Å². The molecule has 6 heteroatoms. The number of aliphatic carboxylic acids is 1. The lowest BCUT2D eigenvalue weighted by molar-refractivity contribution is -0.143. The van der Waals surface area contributed by atoms with Gasteiger partial charge in [-0.25, -0.2) is 4.79 Å². The molecule has 3 N–H and O–H groups in total. The van der Waals surface area contributed by atoms with Crippen LogP contribution in [0.15, 0.2) is 18.2 Å². The van der Waals surface area contributed by atoms with Gasteiger partial charge in [0.1, 0.15) is 0 Å². The van der Waals surface area contributed by atoms with Crippen molar-refractivity contribution in [2.24, 2.45) is 5.92 Å². The van der Waals surface area contributed by atoms with E-state index in [-0.39, 0.29) is 6.04 Å². The monoisotopic (exact) mass is 310 g/mol. The van der Waals surface area contributed by atoms with Crippen molar-refractivity contribution in [3.63, 3.8) is 0 Å². The maximum Gasteiger partial charge on any atom is 0.319 e. The van der Waals surface area contributed by atoms with Crippen molar-refractivity contribution in [1.82, 2.24) is 5.32 Å². The van der Waals surface area contributed by atoms with Gasteiger partial charge in [-0.1, -0.05) is 30.5 Å². The highest BCUT2D eigenvalue weighted by molar-refractivity contribution is 6.31. The molecule has 0 saturated heterocycles. The lowest BCUT2D eigenvalue weighted by atomic mass is 9.84. The number of urea groups is 1. The Morgan fingerprint density at radius 2 is 2.00 bits per heavy atom. The van der Waals surface area contributed by atoms with Crippen LogP contribution in [0.3, 0.4) is 0 Å². The Morgan fingerprint density at radius 1 is 1.29 bits per heavy atom. The molecule has 21 heavy (non-hydrogen) atoms. The molecule has 0 radical (unpaired) electrons. The number of hydrogen-bond donors (Lipinski definition) is 3. The summed E-state index contributed by atoms with van der Waals surface area (Å²) in [7, 11) is 0. The van der Waals surface area contributed by atoms with Crippen LogP contribution in [0.2, 0.25) is 5.02 Å². The summed E-state index contributed by atoms with van der Waals surface area (Å²) in [5.74, 6) is -1.36. The first-order chi connectivity index (χ1) is 9.97. The zero-order chi connectivity index (χ0) is 15.4. The van der Waals surface area contributed by atoms with Gasteiger partial charge in [-0.15, -0.1) is 0 Å². The van der Waals surface area contributed by atoms with Gasteiger partial charge < -0.3 is 15.7 Å². The van der Waals surface area contributed by atoms with E-state index in [0.29, 0.717) is 23.6 Å². The highest BCUT2D eigenvalue weighted by Gasteiger charge is 2.31. The van der Waals surface area contributed by atoms with E-state index in [4.69, 9.17) is 11.6 Å². The van der Waals surface area contributed by atoms with E-state index in [1.54, 1.807) is 12.1 Å². The van der Waals surface area contributed by atoms with Crippen LogP contribution in [0.1, 0.15) is 31.2 Å². The third-order valence-electron chi connectivity index (χ3n) is 3.83. The molecule has 0 aliphatic heterocycles. The highest BCUT2D eigenvalue weighted by atomic mass is 35.5. The highest BCUT2D eigenvalue weighted by Crippen LogP contribution is 2.25. The predicted octanol–water partition coefficient (Wildman–Crippen LogP) is 3.41. The minimum atomic E-state index is -0.849. The van der Waals surface area contributed by atoms with Crippen LogP contribution < -0.4 is 10.6 Å². The summed E-state index contributed by atoms with van der Waals surface area (Å²) < 4.78 is 0. The number of rotatable bonds is 3. The van der Waals surface area contributed by atoms with Crippen LogP contribution in [-0.4, -0.2) is 23.1 Å². The summed E-state index contributed by atoms with van der Waals surface area (Å²) in [5, 5.41) is 15.2. The number of carbonyl (C=O) groups is 2. The number of anilines is 1. The average Bonchev–Trinajstić information content (AvgIpc) is 2.43. The minimum absolute atomic E-state index is 0.322. The molecule has 5 nitrogen and oxygen atoms in total. The number of carboxylic acid groups (broad SMARTS) is 1. The summed E-state index contributed by atoms with van der Waals surface area (Å²) in [4.78, 5) is 23.2. The van der Waals surface area contributed by atoms with E-state index in [2.05, 4.69) is 10.6 Å². The summed E-state index contributed by atoms with van der Waals surface area (Å²) in [6.07, 6.45) is 3.13. The van der Waals surface area contributed by atoms with Gasteiger partial charge in [0.2, 0.25) is 0 Å². The summed E-state index contributed by atoms with van der Waals surface area (Å²) in [5.41, 5.74) is 1.52. The van der Waals surface area contributed by atoms with Crippen molar-refractivity contribution >= 4 is 29.3 Å². The molecule has 2 rings (SSSR count). The van der Waals surface area contributed by atoms with Crippen molar-refractivity contribution < 1.29 is 14.7 Å². The molecule has 2 unspecified atom stereocenters. The van der Waals surface area contributed by atoms with Crippen molar-refractivity contribution in [2.45, 2.75) is 38.6 Å². The van der Waals surface area contributed by atoms with E-state index in [1.165, 1.54) is 0 Å². The number of nitrogens with one attached hydrogen (secondary N) is 2. The Kier molecular flexibility index (Phi) is 5.07. The second-order valence-corrected chi connectivity index (χ2v) is 5.81. The fraction of sp³-hybridized carbons (Fsp3) is 0.467. The van der Waals surface area contributed by atoms with Crippen LogP contribution in [0, 0.1) is 12.8 Å². The van der Waals surface area contributed by atoms with Crippen molar-refractivity contribution in [3.05, 3.63) is 28.8 Å². The molecule has 1 aliphatic carbocycles. The van der Waals surface area contributed by atoms with E-state index in [0.717, 1.165) is 18.4 Å². The molecule has 0 heterocycles. The number of hydrogen-bond acceptors (Lipinski definition) is 2. The first kappa shape index (κ1) is 15.6. The number of aryl methyl sites for hydroxylation is 1. The molecule has 114 valence electrons. The molecule has 0 bridgehead atoms. The molecular weight excluding hydrogens is 292 g/mol. The van der Waals surface area contributed by atoms with E-state index >= 15 is 0 Å². The molecule has 1 aliphatic rings. The Hall–Kier alpha value is -1.75. The van der Waals surface area contributed by atoms with E-state index in [9.17, 15) is 14.7 Å². The first-order valence-electron chi connectivity index (χ1n) is 7.04. The Labute approximate surface area is 128 Å². The predicted molar refractivity (Wildman–Crippen MR) is 81.7 cm³/mol. The number of carbonyl (C=O) groups excluding carboxylic acids is 1. The van der Waals surface area contributed by atoms with Gasteiger partial charge in [-0.05, 0) is 37.5 Å². The first-order valence-corrected chi connectivity index (χ1v) is 7.41. The van der Waals surface area contributed by atoms with E-state index in [1.807, 2.05) is 13.0 Å². The summed E-state index contributed by atoms with van der Waals surface area (Å²) in [6, 6.07) is 4.53. The van der Waals surface area contributed by atoms with E-state index < -0.39 is 17.9 Å². The van der Waals surface area contributed by atoms with Gasteiger partial charge in [0.15, 0.2) is 0 Å². The summed E-state index contributed by atoms with van der Waals surface area (Å²) in [6.45, 7) is 1.88.